The number of methoxy groups -OCH3 is 1. The molecule has 2 heterocycles. The highest BCUT2D eigenvalue weighted by Gasteiger charge is 2.35. The highest BCUT2D eigenvalue weighted by Crippen LogP contribution is 2.21. The lowest BCUT2D eigenvalue weighted by molar-refractivity contribution is -0.0149. The maximum atomic E-state index is 11.9. The zero-order valence-corrected chi connectivity index (χ0v) is 10.3. The van der Waals surface area contributed by atoms with Crippen LogP contribution in [0.4, 0.5) is 5.69 Å². The smallest absolute Gasteiger partial charge is 0.269 e. The van der Waals surface area contributed by atoms with Crippen molar-refractivity contribution in [2.24, 2.45) is 0 Å². The maximum absolute atomic E-state index is 11.9. The standard InChI is InChI=1S/C12H17N3O3/c1-17-12(4-5-18-8-12)7-15-11(16)10-3-2-9(13)6-14-10/h2-3,6H,4-5,7-8,13H2,1H3,(H,15,16). The minimum atomic E-state index is -0.413. The molecule has 0 saturated carbocycles. The molecule has 6 nitrogen and oxygen atoms in total. The summed E-state index contributed by atoms with van der Waals surface area (Å²) in [6.07, 6.45) is 2.23. The van der Waals surface area contributed by atoms with Crippen LogP contribution >= 0.6 is 0 Å². The first kappa shape index (κ1) is 12.8. The Hall–Kier alpha value is -1.66. The summed E-state index contributed by atoms with van der Waals surface area (Å²) in [5, 5.41) is 2.80. The van der Waals surface area contributed by atoms with Crippen LogP contribution in [0.1, 0.15) is 16.9 Å². The summed E-state index contributed by atoms with van der Waals surface area (Å²) < 4.78 is 10.7. The summed E-state index contributed by atoms with van der Waals surface area (Å²) in [5.41, 5.74) is 5.97. The Bertz CT molecular complexity index is 413. The molecular formula is C12H17N3O3. The van der Waals surface area contributed by atoms with Crippen LogP contribution < -0.4 is 11.1 Å². The van der Waals surface area contributed by atoms with Gasteiger partial charge in [-0.25, -0.2) is 4.98 Å². The summed E-state index contributed by atoms with van der Waals surface area (Å²) in [5.74, 6) is -0.238. The zero-order valence-electron chi connectivity index (χ0n) is 10.3. The second-order valence-electron chi connectivity index (χ2n) is 4.35. The molecule has 0 radical (unpaired) electrons. The van der Waals surface area contributed by atoms with Gasteiger partial charge < -0.3 is 20.5 Å². The van der Waals surface area contributed by atoms with Crippen LogP contribution in [0.15, 0.2) is 18.3 Å². The molecule has 1 fully saturated rings. The fraction of sp³-hybridized carbons (Fsp3) is 0.500. The monoisotopic (exact) mass is 251 g/mol. The molecule has 1 unspecified atom stereocenters. The first-order chi connectivity index (χ1) is 8.65. The molecule has 1 aliphatic heterocycles. The molecule has 0 aliphatic carbocycles. The Kier molecular flexibility index (Phi) is 3.78. The van der Waals surface area contributed by atoms with Gasteiger partial charge in [-0.15, -0.1) is 0 Å². The van der Waals surface area contributed by atoms with E-state index in [0.717, 1.165) is 6.42 Å². The van der Waals surface area contributed by atoms with E-state index in [1.54, 1.807) is 19.2 Å². The summed E-state index contributed by atoms with van der Waals surface area (Å²) in [6.45, 7) is 1.57. The van der Waals surface area contributed by atoms with Crippen molar-refractivity contribution >= 4 is 11.6 Å². The topological polar surface area (TPSA) is 86.5 Å². The highest BCUT2D eigenvalue weighted by molar-refractivity contribution is 5.92. The van der Waals surface area contributed by atoms with Crippen molar-refractivity contribution in [3.63, 3.8) is 0 Å². The van der Waals surface area contributed by atoms with Gasteiger partial charge in [0.1, 0.15) is 11.3 Å². The van der Waals surface area contributed by atoms with Crippen LogP contribution in [0.5, 0.6) is 0 Å². The molecule has 2 rings (SSSR count). The third kappa shape index (κ3) is 2.77. The Balaban J connectivity index is 1.93. The molecule has 0 aromatic carbocycles. The van der Waals surface area contributed by atoms with Crippen LogP contribution in [0.3, 0.4) is 0 Å². The van der Waals surface area contributed by atoms with E-state index >= 15 is 0 Å². The third-order valence-corrected chi connectivity index (χ3v) is 3.09. The number of rotatable bonds is 4. The number of nitrogens with one attached hydrogen (secondary N) is 1. The predicted octanol–water partition coefficient (Wildman–Crippen LogP) is 0.199. The minimum Gasteiger partial charge on any atom is -0.397 e. The van der Waals surface area contributed by atoms with Crippen LogP contribution in [0.25, 0.3) is 0 Å². The average molecular weight is 251 g/mol. The lowest BCUT2D eigenvalue weighted by atomic mass is 10.0. The van der Waals surface area contributed by atoms with Gasteiger partial charge in [0.2, 0.25) is 0 Å². The van der Waals surface area contributed by atoms with Crippen molar-refractivity contribution in [2.75, 3.05) is 32.6 Å². The Morgan fingerprint density at radius 1 is 1.67 bits per heavy atom. The van der Waals surface area contributed by atoms with Crippen molar-refractivity contribution in [1.29, 1.82) is 0 Å². The number of nitrogens with two attached hydrogens (primary N) is 1. The van der Waals surface area contributed by atoms with E-state index < -0.39 is 5.60 Å². The lowest BCUT2D eigenvalue weighted by Gasteiger charge is -2.25. The number of carbonyl (C=O) groups is 1. The molecule has 3 N–H and O–H groups in total. The molecule has 1 aliphatic rings. The SMILES string of the molecule is COC1(CNC(=O)c2ccc(N)cn2)CCOC1. The molecule has 18 heavy (non-hydrogen) atoms. The number of amides is 1. The number of hydrogen-bond donors (Lipinski definition) is 2. The lowest BCUT2D eigenvalue weighted by Crippen LogP contribution is -2.45. The molecule has 1 atom stereocenters. The van der Waals surface area contributed by atoms with Crippen molar-refractivity contribution in [3.8, 4) is 0 Å². The van der Waals surface area contributed by atoms with Gasteiger partial charge in [0.15, 0.2) is 0 Å². The normalized spacial score (nSPS) is 22.9. The quantitative estimate of drug-likeness (QED) is 0.798. The first-order valence-electron chi connectivity index (χ1n) is 5.78. The number of aromatic nitrogens is 1. The van der Waals surface area contributed by atoms with Crippen LogP contribution in [-0.4, -0.2) is 43.4 Å². The molecule has 0 bridgehead atoms. The van der Waals surface area contributed by atoms with Gasteiger partial charge >= 0.3 is 0 Å². The number of hydrogen-bond acceptors (Lipinski definition) is 5. The van der Waals surface area contributed by atoms with E-state index in [1.165, 1.54) is 6.20 Å². The number of ether oxygens (including phenoxy) is 2. The van der Waals surface area contributed by atoms with Crippen LogP contribution in [-0.2, 0) is 9.47 Å². The predicted molar refractivity (Wildman–Crippen MR) is 66.2 cm³/mol. The zero-order chi connectivity index (χ0) is 13.0. The Labute approximate surface area is 105 Å². The molecule has 6 heteroatoms. The molecule has 1 amide bonds. The van der Waals surface area contributed by atoms with E-state index in [0.29, 0.717) is 31.1 Å². The van der Waals surface area contributed by atoms with Gasteiger partial charge in [0.25, 0.3) is 5.91 Å². The summed E-state index contributed by atoms with van der Waals surface area (Å²) in [4.78, 5) is 15.8. The fourth-order valence-electron chi connectivity index (χ4n) is 1.83. The van der Waals surface area contributed by atoms with Gasteiger partial charge in [0.05, 0.1) is 18.5 Å². The summed E-state index contributed by atoms with van der Waals surface area (Å²) in [6, 6.07) is 3.24. The van der Waals surface area contributed by atoms with Gasteiger partial charge in [-0.05, 0) is 12.1 Å². The van der Waals surface area contributed by atoms with E-state index in [2.05, 4.69) is 10.3 Å². The number of carbonyl (C=O) groups excluding carboxylic acids is 1. The number of nitrogens with zero attached hydrogens (tertiary/aromatic N) is 1. The van der Waals surface area contributed by atoms with Crippen LogP contribution in [0.2, 0.25) is 0 Å². The number of nitrogen functional groups attached to an aromatic ring is 1. The summed E-state index contributed by atoms with van der Waals surface area (Å²) >= 11 is 0. The molecular weight excluding hydrogens is 234 g/mol. The average Bonchev–Trinajstić information content (AvgIpc) is 2.86. The van der Waals surface area contributed by atoms with Gasteiger partial charge in [-0.2, -0.15) is 0 Å². The first-order valence-corrected chi connectivity index (χ1v) is 5.78. The number of pyridine rings is 1. The second kappa shape index (κ2) is 5.32. The fourth-order valence-corrected chi connectivity index (χ4v) is 1.83. The Morgan fingerprint density at radius 2 is 2.50 bits per heavy atom. The minimum absolute atomic E-state index is 0.238. The third-order valence-electron chi connectivity index (χ3n) is 3.09. The van der Waals surface area contributed by atoms with Gasteiger partial charge in [-0.1, -0.05) is 0 Å². The molecule has 1 saturated heterocycles. The van der Waals surface area contributed by atoms with Crippen molar-refractivity contribution in [2.45, 2.75) is 12.0 Å². The van der Waals surface area contributed by atoms with Crippen LogP contribution in [0, 0.1) is 0 Å². The van der Waals surface area contributed by atoms with Gasteiger partial charge in [-0.3, -0.25) is 4.79 Å². The van der Waals surface area contributed by atoms with E-state index in [4.69, 9.17) is 15.2 Å². The van der Waals surface area contributed by atoms with Crippen molar-refractivity contribution < 1.29 is 14.3 Å². The van der Waals surface area contributed by atoms with E-state index in [1.807, 2.05) is 0 Å². The summed E-state index contributed by atoms with van der Waals surface area (Å²) in [7, 11) is 1.63. The van der Waals surface area contributed by atoms with Gasteiger partial charge in [0, 0.05) is 26.7 Å². The highest BCUT2D eigenvalue weighted by atomic mass is 16.5. The van der Waals surface area contributed by atoms with Crippen molar-refractivity contribution in [1.82, 2.24) is 10.3 Å². The molecule has 98 valence electrons. The largest absolute Gasteiger partial charge is 0.397 e. The van der Waals surface area contributed by atoms with E-state index in [9.17, 15) is 4.79 Å². The molecule has 0 spiro atoms. The van der Waals surface area contributed by atoms with Crippen molar-refractivity contribution in [3.05, 3.63) is 24.0 Å². The Morgan fingerprint density at radius 3 is 3.06 bits per heavy atom. The number of anilines is 1. The molecule has 1 aromatic rings. The second-order valence-corrected chi connectivity index (χ2v) is 4.35. The molecule has 1 aromatic heterocycles. The van der Waals surface area contributed by atoms with E-state index in [-0.39, 0.29) is 5.91 Å². The maximum Gasteiger partial charge on any atom is 0.269 e.